The van der Waals surface area contributed by atoms with Crippen molar-refractivity contribution in [3.05, 3.63) is 63.2 Å². The first-order chi connectivity index (χ1) is 21.2. The number of hydrogen-bond acceptors (Lipinski definition) is 9. The Morgan fingerprint density at radius 3 is 2.15 bits per heavy atom. The Bertz CT molecular complexity index is 1550. The number of sulfonamides is 1. The Hall–Kier alpha value is -3.49. The maximum absolute atomic E-state index is 13.4. The van der Waals surface area contributed by atoms with Gasteiger partial charge < -0.3 is 13.9 Å². The van der Waals surface area contributed by atoms with Crippen molar-refractivity contribution in [1.82, 2.24) is 9.62 Å². The molecular formula is C32H47N3O9SSi. The summed E-state index contributed by atoms with van der Waals surface area (Å²) in [4.78, 5) is 37.9. The molecule has 0 aromatic heterocycles. The SMILES string of the molecule is COC(=O)[C@@H]1Cc2cc(CNS(=O)(=O)c3ccccc3[N+](=O)[O-])c(O[Si](C(C)C)(C(C)C)C(C)C)cc2CN1C(=O)OC(C)(C)C. The van der Waals surface area contributed by atoms with E-state index in [4.69, 9.17) is 13.9 Å². The maximum Gasteiger partial charge on any atom is 0.411 e. The fourth-order valence-corrected chi connectivity index (χ4v) is 12.8. The van der Waals surface area contributed by atoms with Crippen molar-refractivity contribution in [2.75, 3.05) is 7.11 Å². The van der Waals surface area contributed by atoms with Gasteiger partial charge in [-0.05, 0) is 60.7 Å². The van der Waals surface area contributed by atoms with Crippen LogP contribution in [0.4, 0.5) is 10.5 Å². The van der Waals surface area contributed by atoms with E-state index in [1.165, 1.54) is 30.2 Å². The van der Waals surface area contributed by atoms with Crippen molar-refractivity contribution in [1.29, 1.82) is 0 Å². The van der Waals surface area contributed by atoms with Crippen LogP contribution in [0.3, 0.4) is 0 Å². The van der Waals surface area contributed by atoms with Crippen LogP contribution in [0.15, 0.2) is 41.3 Å². The Morgan fingerprint density at radius 2 is 1.63 bits per heavy atom. The molecule has 0 radical (unpaired) electrons. The Kier molecular flexibility index (Phi) is 11.3. The first-order valence-corrected chi connectivity index (χ1v) is 19.0. The maximum atomic E-state index is 13.4. The van der Waals surface area contributed by atoms with Crippen LogP contribution in [-0.4, -0.2) is 57.4 Å². The topological polar surface area (TPSA) is 154 Å². The summed E-state index contributed by atoms with van der Waals surface area (Å²) in [5.74, 6) is -0.145. The molecule has 254 valence electrons. The number of rotatable bonds is 11. The van der Waals surface area contributed by atoms with Gasteiger partial charge in [0.05, 0.1) is 18.6 Å². The molecule has 1 aliphatic rings. The van der Waals surface area contributed by atoms with Crippen LogP contribution in [-0.2, 0) is 43.8 Å². The van der Waals surface area contributed by atoms with E-state index in [-0.39, 0.29) is 36.1 Å². The highest BCUT2D eigenvalue weighted by molar-refractivity contribution is 7.89. The van der Waals surface area contributed by atoms with E-state index in [0.29, 0.717) is 16.9 Å². The number of nitro groups is 1. The molecule has 46 heavy (non-hydrogen) atoms. The molecule has 2 aromatic carbocycles. The number of carbonyl (C=O) groups is 2. The highest BCUT2D eigenvalue weighted by Crippen LogP contribution is 2.44. The average Bonchev–Trinajstić information content (AvgIpc) is 2.96. The van der Waals surface area contributed by atoms with Crippen molar-refractivity contribution in [3.63, 3.8) is 0 Å². The largest absolute Gasteiger partial charge is 0.542 e. The summed E-state index contributed by atoms with van der Waals surface area (Å²) >= 11 is 0. The molecule has 1 aliphatic heterocycles. The van der Waals surface area contributed by atoms with Gasteiger partial charge in [-0.25, -0.2) is 22.7 Å². The predicted octanol–water partition coefficient (Wildman–Crippen LogP) is 6.46. The summed E-state index contributed by atoms with van der Waals surface area (Å²) in [5, 5.41) is 11.6. The zero-order chi connectivity index (χ0) is 34.8. The predicted molar refractivity (Wildman–Crippen MR) is 177 cm³/mol. The lowest BCUT2D eigenvalue weighted by Gasteiger charge is -2.43. The van der Waals surface area contributed by atoms with Crippen LogP contribution in [0.1, 0.15) is 79.0 Å². The van der Waals surface area contributed by atoms with E-state index in [1.807, 2.05) is 6.07 Å². The van der Waals surface area contributed by atoms with Crippen LogP contribution >= 0.6 is 0 Å². The number of carbonyl (C=O) groups excluding carboxylic acids is 2. The number of esters is 1. The highest BCUT2D eigenvalue weighted by Gasteiger charge is 2.48. The van der Waals surface area contributed by atoms with E-state index in [1.54, 1.807) is 26.8 Å². The summed E-state index contributed by atoms with van der Waals surface area (Å²) < 4.78 is 47.0. The van der Waals surface area contributed by atoms with Gasteiger partial charge >= 0.3 is 12.1 Å². The number of ether oxygens (including phenoxy) is 2. The minimum atomic E-state index is -4.31. The van der Waals surface area contributed by atoms with Crippen LogP contribution in [0.5, 0.6) is 5.75 Å². The third-order valence-electron chi connectivity index (χ3n) is 8.41. The van der Waals surface area contributed by atoms with Crippen molar-refractivity contribution >= 4 is 36.1 Å². The Labute approximate surface area is 273 Å². The minimum Gasteiger partial charge on any atom is -0.542 e. The number of para-hydroxylation sites is 1. The van der Waals surface area contributed by atoms with Gasteiger partial charge in [-0.3, -0.25) is 15.0 Å². The molecule has 0 unspecified atom stereocenters. The summed E-state index contributed by atoms with van der Waals surface area (Å²) in [6, 6.07) is 7.79. The van der Waals surface area contributed by atoms with E-state index < -0.39 is 57.6 Å². The number of nitrogens with zero attached hydrogens (tertiary/aromatic N) is 2. The monoisotopic (exact) mass is 677 g/mol. The number of hydrogen-bond donors (Lipinski definition) is 1. The molecule has 14 heteroatoms. The molecule has 1 atom stereocenters. The van der Waals surface area contributed by atoms with E-state index in [2.05, 4.69) is 46.3 Å². The lowest BCUT2D eigenvalue weighted by molar-refractivity contribution is -0.387. The second-order valence-corrected chi connectivity index (χ2v) is 20.7. The zero-order valence-electron chi connectivity index (χ0n) is 28.4. The van der Waals surface area contributed by atoms with Crippen LogP contribution in [0, 0.1) is 10.1 Å². The molecule has 2 aromatic rings. The number of fused-ring (bicyclic) bond motifs is 1. The van der Waals surface area contributed by atoms with Gasteiger partial charge in [0.25, 0.3) is 14.0 Å². The molecule has 1 N–H and O–H groups in total. The molecule has 3 rings (SSSR count). The lowest BCUT2D eigenvalue weighted by atomic mass is 9.92. The fraction of sp³-hybridized carbons (Fsp3) is 0.562. The van der Waals surface area contributed by atoms with E-state index >= 15 is 0 Å². The minimum absolute atomic E-state index is 0.0438. The van der Waals surface area contributed by atoms with Crippen LogP contribution < -0.4 is 9.15 Å². The Balaban J connectivity index is 2.17. The second-order valence-electron chi connectivity index (χ2n) is 13.5. The third-order valence-corrected chi connectivity index (χ3v) is 15.8. The molecule has 0 aliphatic carbocycles. The number of nitro benzene ring substituents is 1. The van der Waals surface area contributed by atoms with E-state index in [9.17, 15) is 28.1 Å². The van der Waals surface area contributed by atoms with Gasteiger partial charge in [0.2, 0.25) is 10.0 Å². The molecular weight excluding hydrogens is 631 g/mol. The summed E-state index contributed by atoms with van der Waals surface area (Å²) in [5.41, 5.74) is 1.21. The van der Waals surface area contributed by atoms with Gasteiger partial charge in [0.15, 0.2) is 4.90 Å². The molecule has 0 bridgehead atoms. The third kappa shape index (κ3) is 7.89. The molecule has 0 fully saturated rings. The second kappa shape index (κ2) is 14.1. The average molecular weight is 678 g/mol. The van der Waals surface area contributed by atoms with Crippen molar-refractivity contribution < 1.29 is 36.8 Å². The highest BCUT2D eigenvalue weighted by atomic mass is 32.2. The molecule has 1 amide bonds. The summed E-state index contributed by atoms with van der Waals surface area (Å²) in [7, 11) is -5.62. The zero-order valence-corrected chi connectivity index (χ0v) is 30.2. The summed E-state index contributed by atoms with van der Waals surface area (Å²) in [6.07, 6.45) is -0.556. The first-order valence-electron chi connectivity index (χ1n) is 15.4. The van der Waals surface area contributed by atoms with Crippen molar-refractivity contribution in [2.45, 2.75) is 115 Å². The normalized spacial score (nSPS) is 15.6. The molecule has 0 saturated heterocycles. The van der Waals surface area contributed by atoms with Gasteiger partial charge in [-0.2, -0.15) is 0 Å². The standard InChI is InChI=1S/C32H47N3O9SSi/c1-20(2)46(21(3)4,22(5)6)44-28-17-25-19-34(31(37)43-32(7,8)9)27(30(36)42-10)16-23(25)15-24(28)18-33-45(40,41)29-14-12-11-13-26(29)35(38)39/h11-15,17,20-22,27,33H,16,18-19H2,1-10H3/t27-/m0/s1. The molecule has 0 saturated carbocycles. The molecule has 12 nitrogen and oxygen atoms in total. The fourth-order valence-electron chi connectivity index (χ4n) is 6.39. The van der Waals surface area contributed by atoms with Gasteiger partial charge in [-0.1, -0.05) is 59.7 Å². The molecule has 1 heterocycles. The number of amides is 1. The Morgan fingerprint density at radius 1 is 1.04 bits per heavy atom. The quantitative estimate of drug-likeness (QED) is 0.122. The van der Waals surface area contributed by atoms with Crippen LogP contribution in [0.2, 0.25) is 16.6 Å². The van der Waals surface area contributed by atoms with Crippen molar-refractivity contribution in [2.24, 2.45) is 0 Å². The molecule has 0 spiro atoms. The first kappa shape index (κ1) is 37.0. The van der Waals surface area contributed by atoms with Crippen molar-refractivity contribution in [3.8, 4) is 5.75 Å². The van der Waals surface area contributed by atoms with Gasteiger partial charge in [0, 0.05) is 24.6 Å². The number of methoxy groups -OCH3 is 1. The smallest absolute Gasteiger partial charge is 0.411 e. The van der Waals surface area contributed by atoms with E-state index in [0.717, 1.165) is 11.6 Å². The summed E-state index contributed by atoms with van der Waals surface area (Å²) in [6.45, 7) is 17.8. The number of benzene rings is 2. The lowest BCUT2D eigenvalue weighted by Crippen LogP contribution is -2.51. The van der Waals surface area contributed by atoms with Gasteiger partial charge in [-0.15, -0.1) is 0 Å². The van der Waals surface area contributed by atoms with Crippen LogP contribution in [0.25, 0.3) is 0 Å². The van der Waals surface area contributed by atoms with Gasteiger partial charge in [0.1, 0.15) is 17.4 Å². The number of nitrogens with one attached hydrogen (secondary N) is 1.